The van der Waals surface area contributed by atoms with Crippen LogP contribution in [0.15, 0.2) is 77.9 Å². The fourth-order valence-corrected chi connectivity index (χ4v) is 2.53. The van der Waals surface area contributed by atoms with Crippen LogP contribution in [0.25, 0.3) is 0 Å². The Morgan fingerprint density at radius 3 is 2.54 bits per heavy atom. The van der Waals surface area contributed by atoms with Crippen LogP contribution in [0.2, 0.25) is 0 Å². The Morgan fingerprint density at radius 1 is 1.04 bits per heavy atom. The van der Waals surface area contributed by atoms with Gasteiger partial charge >= 0.3 is 0 Å². The molecule has 1 amide bonds. The Labute approximate surface area is 163 Å². The molecule has 3 aromatic rings. The van der Waals surface area contributed by atoms with E-state index in [0.29, 0.717) is 29.2 Å². The number of methoxy groups -OCH3 is 1. The summed E-state index contributed by atoms with van der Waals surface area (Å²) in [5.74, 6) is 0.446. The zero-order valence-corrected chi connectivity index (χ0v) is 15.3. The number of amides is 1. The summed E-state index contributed by atoms with van der Waals surface area (Å²) in [6.45, 7) is 0.361. The van der Waals surface area contributed by atoms with Crippen molar-refractivity contribution in [1.82, 2.24) is 5.43 Å². The van der Waals surface area contributed by atoms with Gasteiger partial charge in [0.2, 0.25) is 0 Å². The smallest absolute Gasteiger partial charge is 0.275 e. The van der Waals surface area contributed by atoms with E-state index in [2.05, 4.69) is 10.5 Å². The Hall–Kier alpha value is -3.80. The molecule has 0 saturated carbocycles. The van der Waals surface area contributed by atoms with Gasteiger partial charge in [0.15, 0.2) is 11.5 Å². The van der Waals surface area contributed by atoms with Crippen LogP contribution in [0.4, 0.5) is 0 Å². The zero-order valence-electron chi connectivity index (χ0n) is 15.3. The predicted octanol–water partition coefficient (Wildman–Crippen LogP) is 3.74. The maximum absolute atomic E-state index is 12.5. The summed E-state index contributed by atoms with van der Waals surface area (Å²) in [6, 6.07) is 21.5. The number of para-hydroxylation sites is 1. The first kappa shape index (κ1) is 19.0. The fourth-order valence-electron chi connectivity index (χ4n) is 2.53. The number of hydrazone groups is 1. The first-order valence-corrected chi connectivity index (χ1v) is 8.63. The maximum atomic E-state index is 12.5. The van der Waals surface area contributed by atoms with Crippen molar-refractivity contribution in [2.24, 2.45) is 5.10 Å². The van der Waals surface area contributed by atoms with Gasteiger partial charge in [0, 0.05) is 0 Å². The van der Waals surface area contributed by atoms with Crippen LogP contribution in [0.1, 0.15) is 21.5 Å². The minimum Gasteiger partial charge on any atom is -0.504 e. The SMILES string of the molecule is COc1ccc(C=NNC(=O)c2ccccc2OCc2ccccc2)cc1O. The third-order valence-corrected chi connectivity index (χ3v) is 3.95. The molecule has 0 aliphatic heterocycles. The minimum absolute atomic E-state index is 0.00238. The predicted molar refractivity (Wildman–Crippen MR) is 107 cm³/mol. The second kappa shape index (κ2) is 9.23. The van der Waals surface area contributed by atoms with Crippen molar-refractivity contribution in [3.05, 3.63) is 89.5 Å². The summed E-state index contributed by atoms with van der Waals surface area (Å²) >= 11 is 0. The number of carbonyl (C=O) groups is 1. The molecule has 0 aromatic heterocycles. The Balaban J connectivity index is 1.65. The summed E-state index contributed by atoms with van der Waals surface area (Å²) in [4.78, 5) is 12.5. The number of phenolic OH excluding ortho intramolecular Hbond substituents is 1. The Kier molecular flexibility index (Phi) is 6.25. The summed E-state index contributed by atoms with van der Waals surface area (Å²) in [5.41, 5.74) is 4.48. The van der Waals surface area contributed by atoms with Crippen molar-refractivity contribution in [3.8, 4) is 17.2 Å². The number of carbonyl (C=O) groups excluding carboxylic acids is 1. The number of aromatic hydroxyl groups is 1. The maximum Gasteiger partial charge on any atom is 0.275 e. The number of benzene rings is 3. The average Bonchev–Trinajstić information content (AvgIpc) is 2.73. The van der Waals surface area contributed by atoms with Crippen LogP contribution in [0.5, 0.6) is 17.2 Å². The molecule has 0 radical (unpaired) electrons. The first-order valence-electron chi connectivity index (χ1n) is 8.63. The molecule has 28 heavy (non-hydrogen) atoms. The quantitative estimate of drug-likeness (QED) is 0.486. The molecule has 6 heteroatoms. The van der Waals surface area contributed by atoms with Crippen LogP contribution >= 0.6 is 0 Å². The van der Waals surface area contributed by atoms with Gasteiger partial charge in [0.05, 0.1) is 18.9 Å². The highest BCUT2D eigenvalue weighted by Crippen LogP contribution is 2.25. The van der Waals surface area contributed by atoms with Gasteiger partial charge in [0.1, 0.15) is 12.4 Å². The van der Waals surface area contributed by atoms with Crippen molar-refractivity contribution < 1.29 is 19.4 Å². The van der Waals surface area contributed by atoms with Gasteiger partial charge in [-0.05, 0) is 41.5 Å². The normalized spacial score (nSPS) is 10.6. The molecule has 0 atom stereocenters. The van der Waals surface area contributed by atoms with Crippen LogP contribution < -0.4 is 14.9 Å². The van der Waals surface area contributed by atoms with Gasteiger partial charge in [0.25, 0.3) is 5.91 Å². The zero-order chi connectivity index (χ0) is 19.8. The molecule has 0 fully saturated rings. The van der Waals surface area contributed by atoms with Gasteiger partial charge in [-0.3, -0.25) is 4.79 Å². The van der Waals surface area contributed by atoms with E-state index >= 15 is 0 Å². The van der Waals surface area contributed by atoms with Gasteiger partial charge in [-0.15, -0.1) is 0 Å². The molecule has 0 spiro atoms. The van der Waals surface area contributed by atoms with E-state index in [1.165, 1.54) is 19.4 Å². The molecule has 0 unspecified atom stereocenters. The van der Waals surface area contributed by atoms with E-state index < -0.39 is 5.91 Å². The Bertz CT molecular complexity index is 971. The van der Waals surface area contributed by atoms with Crippen molar-refractivity contribution >= 4 is 12.1 Å². The molecule has 0 bridgehead atoms. The lowest BCUT2D eigenvalue weighted by molar-refractivity contribution is 0.0950. The Morgan fingerprint density at radius 2 is 1.79 bits per heavy atom. The van der Waals surface area contributed by atoms with Crippen LogP contribution in [-0.4, -0.2) is 24.3 Å². The summed E-state index contributed by atoms with van der Waals surface area (Å²) in [7, 11) is 1.47. The monoisotopic (exact) mass is 376 g/mol. The first-order chi connectivity index (χ1) is 13.7. The molecule has 0 aliphatic carbocycles. The molecule has 0 saturated heterocycles. The highest BCUT2D eigenvalue weighted by atomic mass is 16.5. The average molecular weight is 376 g/mol. The summed E-state index contributed by atoms with van der Waals surface area (Å²) in [6.07, 6.45) is 1.44. The molecule has 3 rings (SSSR count). The molecular weight excluding hydrogens is 356 g/mol. The van der Waals surface area contributed by atoms with Crippen molar-refractivity contribution in [1.29, 1.82) is 0 Å². The van der Waals surface area contributed by atoms with Gasteiger partial charge in [-0.1, -0.05) is 42.5 Å². The fraction of sp³-hybridized carbons (Fsp3) is 0.0909. The lowest BCUT2D eigenvalue weighted by Gasteiger charge is -2.10. The van der Waals surface area contributed by atoms with Gasteiger partial charge in [-0.2, -0.15) is 5.10 Å². The van der Waals surface area contributed by atoms with E-state index in [1.54, 1.807) is 36.4 Å². The molecule has 0 heterocycles. The van der Waals surface area contributed by atoms with E-state index in [4.69, 9.17) is 9.47 Å². The number of hydrogen-bond donors (Lipinski definition) is 2. The van der Waals surface area contributed by atoms with Crippen molar-refractivity contribution in [2.45, 2.75) is 6.61 Å². The number of nitrogens with zero attached hydrogens (tertiary/aromatic N) is 1. The topological polar surface area (TPSA) is 80.2 Å². The van der Waals surface area contributed by atoms with Crippen LogP contribution in [0, 0.1) is 0 Å². The van der Waals surface area contributed by atoms with E-state index in [0.717, 1.165) is 5.56 Å². The third kappa shape index (κ3) is 4.88. The molecule has 2 N–H and O–H groups in total. The van der Waals surface area contributed by atoms with Crippen molar-refractivity contribution in [3.63, 3.8) is 0 Å². The number of rotatable bonds is 7. The largest absolute Gasteiger partial charge is 0.504 e. The molecule has 142 valence electrons. The van der Waals surface area contributed by atoms with Gasteiger partial charge < -0.3 is 14.6 Å². The van der Waals surface area contributed by atoms with E-state index in [-0.39, 0.29) is 5.75 Å². The second-order valence-electron chi connectivity index (χ2n) is 5.90. The molecule has 3 aromatic carbocycles. The molecule has 6 nitrogen and oxygen atoms in total. The minimum atomic E-state index is -0.391. The molecular formula is C22H20N2O4. The van der Waals surface area contributed by atoms with Crippen LogP contribution in [0.3, 0.4) is 0 Å². The third-order valence-electron chi connectivity index (χ3n) is 3.95. The summed E-state index contributed by atoms with van der Waals surface area (Å²) < 4.78 is 10.8. The van der Waals surface area contributed by atoms with E-state index in [1.807, 2.05) is 30.3 Å². The van der Waals surface area contributed by atoms with Gasteiger partial charge in [-0.25, -0.2) is 5.43 Å². The van der Waals surface area contributed by atoms with E-state index in [9.17, 15) is 9.90 Å². The second-order valence-corrected chi connectivity index (χ2v) is 5.90. The lowest BCUT2D eigenvalue weighted by Crippen LogP contribution is -2.18. The highest BCUT2D eigenvalue weighted by molar-refractivity contribution is 5.97. The van der Waals surface area contributed by atoms with Crippen LogP contribution in [-0.2, 0) is 6.61 Å². The lowest BCUT2D eigenvalue weighted by atomic mass is 10.2. The number of phenols is 1. The number of ether oxygens (including phenoxy) is 2. The number of hydrogen-bond acceptors (Lipinski definition) is 5. The highest BCUT2D eigenvalue weighted by Gasteiger charge is 2.11. The standard InChI is InChI=1S/C22H20N2O4/c1-27-21-12-11-17(13-19(21)25)14-23-24-22(26)18-9-5-6-10-20(18)28-15-16-7-3-2-4-8-16/h2-14,25H,15H2,1H3,(H,24,26). The molecule has 0 aliphatic rings. The van der Waals surface area contributed by atoms with Crippen molar-refractivity contribution in [2.75, 3.05) is 7.11 Å². The summed E-state index contributed by atoms with van der Waals surface area (Å²) in [5, 5.41) is 13.7. The number of nitrogens with one attached hydrogen (secondary N) is 1.